The number of aromatic hydroxyl groups is 1. The molecule has 0 bridgehead atoms. The fourth-order valence-electron chi connectivity index (χ4n) is 1.93. The van der Waals surface area contributed by atoms with E-state index >= 15 is 0 Å². The molecule has 0 unspecified atom stereocenters. The van der Waals surface area contributed by atoms with Crippen LogP contribution < -0.4 is 0 Å². The van der Waals surface area contributed by atoms with Crippen molar-refractivity contribution in [2.45, 2.75) is 19.9 Å². The van der Waals surface area contributed by atoms with Gasteiger partial charge in [-0.2, -0.15) is 0 Å². The molecule has 15 heavy (non-hydrogen) atoms. The van der Waals surface area contributed by atoms with Crippen molar-refractivity contribution >= 4 is 17.2 Å². The molecule has 1 heterocycles. The summed E-state index contributed by atoms with van der Waals surface area (Å²) in [6, 6.07) is 5.41. The second-order valence-electron chi connectivity index (χ2n) is 3.48. The molecule has 3 heteroatoms. The van der Waals surface area contributed by atoms with Gasteiger partial charge in [-0.15, -0.1) is 0 Å². The summed E-state index contributed by atoms with van der Waals surface area (Å²) in [5.41, 5.74) is 1.87. The van der Waals surface area contributed by atoms with Gasteiger partial charge in [0, 0.05) is 24.5 Å². The maximum absolute atomic E-state index is 10.5. The Balaban J connectivity index is 2.75. The smallest absolute Gasteiger partial charge is 0.125 e. The zero-order valence-electron chi connectivity index (χ0n) is 8.60. The summed E-state index contributed by atoms with van der Waals surface area (Å²) in [5.74, 6) is 0.247. The molecule has 0 atom stereocenters. The Bertz CT molecular complexity index is 500. The number of fused-ring (bicyclic) bond motifs is 1. The van der Waals surface area contributed by atoms with E-state index in [0.29, 0.717) is 6.42 Å². The summed E-state index contributed by atoms with van der Waals surface area (Å²) >= 11 is 0. The highest BCUT2D eigenvalue weighted by atomic mass is 16.3. The van der Waals surface area contributed by atoms with E-state index in [1.165, 1.54) is 0 Å². The van der Waals surface area contributed by atoms with Crippen LogP contribution in [0.5, 0.6) is 5.75 Å². The zero-order valence-corrected chi connectivity index (χ0v) is 8.60. The van der Waals surface area contributed by atoms with Gasteiger partial charge in [0.1, 0.15) is 12.0 Å². The number of hydrogen-bond donors (Lipinski definition) is 1. The third-order valence-electron chi connectivity index (χ3n) is 2.61. The van der Waals surface area contributed by atoms with E-state index in [2.05, 4.69) is 0 Å². The van der Waals surface area contributed by atoms with Crippen LogP contribution in [-0.2, 0) is 17.8 Å². The van der Waals surface area contributed by atoms with Crippen molar-refractivity contribution in [2.24, 2.45) is 0 Å². The summed E-state index contributed by atoms with van der Waals surface area (Å²) in [4.78, 5) is 10.5. The van der Waals surface area contributed by atoms with E-state index in [9.17, 15) is 9.90 Å². The number of aldehydes is 1. The van der Waals surface area contributed by atoms with Crippen LogP contribution in [0.25, 0.3) is 10.9 Å². The van der Waals surface area contributed by atoms with Crippen LogP contribution in [0.4, 0.5) is 0 Å². The molecule has 0 fully saturated rings. The third kappa shape index (κ3) is 1.50. The van der Waals surface area contributed by atoms with Gasteiger partial charge in [-0.05, 0) is 24.6 Å². The Morgan fingerprint density at radius 3 is 2.93 bits per heavy atom. The molecule has 0 saturated heterocycles. The molecule has 3 nitrogen and oxygen atoms in total. The van der Waals surface area contributed by atoms with Gasteiger partial charge in [-0.1, -0.05) is 6.07 Å². The van der Waals surface area contributed by atoms with Gasteiger partial charge in [0.05, 0.1) is 5.52 Å². The molecule has 0 spiro atoms. The van der Waals surface area contributed by atoms with Gasteiger partial charge in [0.2, 0.25) is 0 Å². The van der Waals surface area contributed by atoms with E-state index < -0.39 is 0 Å². The van der Waals surface area contributed by atoms with Gasteiger partial charge in [0.25, 0.3) is 0 Å². The minimum absolute atomic E-state index is 0.247. The number of aryl methyl sites for hydroxylation is 1. The first kappa shape index (κ1) is 9.77. The van der Waals surface area contributed by atoms with Gasteiger partial charge >= 0.3 is 0 Å². The lowest BCUT2D eigenvalue weighted by Crippen LogP contribution is -1.90. The quantitative estimate of drug-likeness (QED) is 0.776. The van der Waals surface area contributed by atoms with E-state index in [1.54, 1.807) is 6.07 Å². The largest absolute Gasteiger partial charge is 0.507 e. The Labute approximate surface area is 87.9 Å². The summed E-state index contributed by atoms with van der Waals surface area (Å²) in [6.07, 6.45) is 3.14. The number of rotatable bonds is 3. The highest BCUT2D eigenvalue weighted by Gasteiger charge is 2.10. The second-order valence-corrected chi connectivity index (χ2v) is 3.48. The first-order chi connectivity index (χ1) is 7.27. The van der Waals surface area contributed by atoms with Gasteiger partial charge in [-0.25, -0.2) is 0 Å². The number of carbonyl (C=O) groups excluding carboxylic acids is 1. The van der Waals surface area contributed by atoms with Gasteiger partial charge < -0.3 is 14.5 Å². The lowest BCUT2D eigenvalue weighted by Gasteiger charge is -2.00. The van der Waals surface area contributed by atoms with Crippen LogP contribution in [-0.4, -0.2) is 16.0 Å². The van der Waals surface area contributed by atoms with E-state index in [4.69, 9.17) is 0 Å². The highest BCUT2D eigenvalue weighted by Crippen LogP contribution is 2.29. The lowest BCUT2D eigenvalue weighted by atomic mass is 10.1. The molecule has 1 N–H and O–H groups in total. The number of carbonyl (C=O) groups is 1. The average Bonchev–Trinajstić information content (AvgIpc) is 2.59. The normalized spacial score (nSPS) is 10.7. The summed E-state index contributed by atoms with van der Waals surface area (Å²) < 4.78 is 2.04. The van der Waals surface area contributed by atoms with Crippen molar-refractivity contribution in [3.05, 3.63) is 30.0 Å². The van der Waals surface area contributed by atoms with Crippen molar-refractivity contribution < 1.29 is 9.90 Å². The van der Waals surface area contributed by atoms with Crippen LogP contribution in [0.15, 0.2) is 24.4 Å². The zero-order chi connectivity index (χ0) is 10.8. The fraction of sp³-hybridized carbons (Fsp3) is 0.250. The van der Waals surface area contributed by atoms with Crippen molar-refractivity contribution in [3.8, 4) is 5.75 Å². The summed E-state index contributed by atoms with van der Waals surface area (Å²) in [7, 11) is 0. The summed E-state index contributed by atoms with van der Waals surface area (Å²) in [6.45, 7) is 2.87. The minimum Gasteiger partial charge on any atom is -0.507 e. The number of aromatic nitrogens is 1. The molecule has 78 valence electrons. The molecule has 0 saturated carbocycles. The van der Waals surface area contributed by atoms with Crippen molar-refractivity contribution in [2.75, 3.05) is 0 Å². The molecule has 0 aliphatic carbocycles. The Hall–Kier alpha value is -1.77. The fourth-order valence-corrected chi connectivity index (χ4v) is 1.93. The van der Waals surface area contributed by atoms with Crippen molar-refractivity contribution in [1.82, 2.24) is 4.57 Å². The molecule has 0 aliphatic rings. The molecule has 0 aliphatic heterocycles. The van der Waals surface area contributed by atoms with E-state index in [1.807, 2.05) is 29.8 Å². The van der Waals surface area contributed by atoms with Crippen LogP contribution in [0.1, 0.15) is 12.5 Å². The molecule has 0 radical (unpaired) electrons. The van der Waals surface area contributed by atoms with Crippen LogP contribution in [0.3, 0.4) is 0 Å². The minimum atomic E-state index is 0.247. The van der Waals surface area contributed by atoms with E-state index in [-0.39, 0.29) is 5.75 Å². The monoisotopic (exact) mass is 203 g/mol. The van der Waals surface area contributed by atoms with Crippen LogP contribution in [0.2, 0.25) is 0 Å². The number of hydrogen-bond acceptors (Lipinski definition) is 2. The highest BCUT2D eigenvalue weighted by molar-refractivity contribution is 5.91. The summed E-state index contributed by atoms with van der Waals surface area (Å²) in [5, 5.41) is 10.6. The number of phenols is 1. The van der Waals surface area contributed by atoms with Crippen LogP contribution >= 0.6 is 0 Å². The number of phenolic OH excluding ortho intramolecular Hbond substituents is 1. The van der Waals surface area contributed by atoms with Gasteiger partial charge in [0.15, 0.2) is 0 Å². The molecule has 1 aromatic heterocycles. The molecule has 2 aromatic rings. The Kier molecular flexibility index (Phi) is 2.46. The first-order valence-corrected chi connectivity index (χ1v) is 5.01. The maximum atomic E-state index is 10.5. The lowest BCUT2D eigenvalue weighted by molar-refractivity contribution is -0.107. The van der Waals surface area contributed by atoms with Crippen LogP contribution in [0, 0.1) is 0 Å². The molecule has 0 amide bonds. The molecular weight excluding hydrogens is 190 g/mol. The predicted molar refractivity (Wildman–Crippen MR) is 59.0 cm³/mol. The standard InChI is InChI=1S/C12H13NO2/c1-2-13-8-9(6-7-14)12-10(13)4-3-5-11(12)15/h3-5,7-8,15H,2,6H2,1H3. The van der Waals surface area contributed by atoms with Crippen molar-refractivity contribution in [3.63, 3.8) is 0 Å². The van der Waals surface area contributed by atoms with Crippen molar-refractivity contribution in [1.29, 1.82) is 0 Å². The van der Waals surface area contributed by atoms with E-state index in [0.717, 1.165) is 29.3 Å². The number of benzene rings is 1. The second kappa shape index (κ2) is 3.77. The Morgan fingerprint density at radius 1 is 1.47 bits per heavy atom. The molecule has 2 rings (SSSR count). The first-order valence-electron chi connectivity index (χ1n) is 5.01. The van der Waals surface area contributed by atoms with Gasteiger partial charge in [-0.3, -0.25) is 0 Å². The molecular formula is C12H13NO2. The predicted octanol–water partition coefficient (Wildman–Crippen LogP) is 2.11. The maximum Gasteiger partial charge on any atom is 0.125 e. The average molecular weight is 203 g/mol. The SMILES string of the molecule is CCn1cc(CC=O)c2c(O)cccc21. The Morgan fingerprint density at radius 2 is 2.27 bits per heavy atom. The number of nitrogens with zero attached hydrogens (tertiary/aromatic N) is 1. The molecule has 1 aromatic carbocycles. The topological polar surface area (TPSA) is 42.2 Å². The third-order valence-corrected chi connectivity index (χ3v) is 2.61.